The van der Waals surface area contributed by atoms with Gasteiger partial charge in [-0.3, -0.25) is 14.5 Å². The van der Waals surface area contributed by atoms with Gasteiger partial charge in [-0.25, -0.2) is 0 Å². The van der Waals surface area contributed by atoms with Crippen LogP contribution in [0.3, 0.4) is 0 Å². The lowest BCUT2D eigenvalue weighted by Crippen LogP contribution is -2.43. The first-order valence-electron chi connectivity index (χ1n) is 10.3. The molecule has 2 N–H and O–H groups in total. The van der Waals surface area contributed by atoms with Crippen LogP contribution >= 0.6 is 0 Å². The quantitative estimate of drug-likeness (QED) is 0.793. The summed E-state index contributed by atoms with van der Waals surface area (Å²) in [5, 5.41) is 5.75. The van der Waals surface area contributed by atoms with Crippen LogP contribution in [-0.4, -0.2) is 42.4 Å². The second kappa shape index (κ2) is 9.23. The Morgan fingerprint density at radius 3 is 2.38 bits per heavy atom. The number of carbonyl (C=O) groups excluding carboxylic acids is 2. The van der Waals surface area contributed by atoms with Crippen LogP contribution < -0.4 is 10.6 Å². The van der Waals surface area contributed by atoms with Crippen LogP contribution in [0.4, 0.5) is 0 Å². The third kappa shape index (κ3) is 6.16. The molecule has 1 aliphatic heterocycles. The maximum absolute atomic E-state index is 12.3. The van der Waals surface area contributed by atoms with E-state index >= 15 is 0 Å². The van der Waals surface area contributed by atoms with E-state index < -0.39 is 0 Å². The lowest BCUT2D eigenvalue weighted by molar-refractivity contribution is -0.120. The van der Waals surface area contributed by atoms with Gasteiger partial charge in [0.1, 0.15) is 0 Å². The van der Waals surface area contributed by atoms with Crippen LogP contribution in [0.5, 0.6) is 0 Å². The highest BCUT2D eigenvalue weighted by Crippen LogP contribution is 2.22. The van der Waals surface area contributed by atoms with Crippen molar-refractivity contribution in [3.8, 4) is 0 Å². The van der Waals surface area contributed by atoms with Gasteiger partial charge in [0.2, 0.25) is 5.91 Å². The summed E-state index contributed by atoms with van der Waals surface area (Å²) in [6, 6.07) is 18.0. The molecule has 0 saturated carbocycles. The average Bonchev–Trinajstić information content (AvgIpc) is 3.13. The van der Waals surface area contributed by atoms with Crippen LogP contribution in [0, 0.1) is 0 Å². The molecular weight excluding hydrogens is 362 g/mol. The Hall–Kier alpha value is -2.66. The van der Waals surface area contributed by atoms with Crippen molar-refractivity contribution in [3.05, 3.63) is 71.3 Å². The molecule has 154 valence electrons. The second-order valence-corrected chi connectivity index (χ2v) is 8.78. The summed E-state index contributed by atoms with van der Waals surface area (Å²) in [6.07, 6.45) is 0.931. The molecule has 3 rings (SSSR count). The highest BCUT2D eigenvalue weighted by Gasteiger charge is 2.24. The molecule has 1 aliphatic rings. The highest BCUT2D eigenvalue weighted by atomic mass is 16.2. The zero-order valence-electron chi connectivity index (χ0n) is 17.6. The van der Waals surface area contributed by atoms with Gasteiger partial charge in [-0.2, -0.15) is 0 Å². The molecule has 2 aromatic carbocycles. The molecule has 5 nitrogen and oxygen atoms in total. The van der Waals surface area contributed by atoms with E-state index in [1.807, 2.05) is 42.5 Å². The Kier molecular flexibility index (Phi) is 6.70. The predicted octanol–water partition coefficient (Wildman–Crippen LogP) is 3.10. The van der Waals surface area contributed by atoms with E-state index in [2.05, 4.69) is 48.4 Å². The zero-order chi connectivity index (χ0) is 20.9. The van der Waals surface area contributed by atoms with Crippen molar-refractivity contribution < 1.29 is 9.59 Å². The van der Waals surface area contributed by atoms with E-state index in [1.54, 1.807) is 0 Å². The summed E-state index contributed by atoms with van der Waals surface area (Å²) in [5.74, 6) is -0.367. The highest BCUT2D eigenvalue weighted by molar-refractivity contribution is 5.96. The maximum Gasteiger partial charge on any atom is 0.251 e. The van der Waals surface area contributed by atoms with Crippen LogP contribution in [0.25, 0.3) is 0 Å². The maximum atomic E-state index is 12.3. The normalized spacial score (nSPS) is 17.1. The van der Waals surface area contributed by atoms with Crippen molar-refractivity contribution in [1.29, 1.82) is 0 Å². The smallest absolute Gasteiger partial charge is 0.251 e. The minimum Gasteiger partial charge on any atom is -0.350 e. The largest absolute Gasteiger partial charge is 0.350 e. The van der Waals surface area contributed by atoms with Crippen LogP contribution in [-0.2, 0) is 16.8 Å². The standard InChI is InChI=1S/C24H31N3O2/c1-24(2,3)20-11-9-19(10-12-20)23(29)25-15-22(28)26-21-13-14-27(17-21)16-18-7-5-4-6-8-18/h4-12,21H,13-17H2,1-3H3,(H,25,29)(H,26,28)/t21-/m1/s1. The van der Waals surface area contributed by atoms with Crippen LogP contribution in [0.15, 0.2) is 54.6 Å². The van der Waals surface area contributed by atoms with E-state index in [9.17, 15) is 9.59 Å². The zero-order valence-corrected chi connectivity index (χ0v) is 17.6. The lowest BCUT2D eigenvalue weighted by atomic mass is 9.87. The molecule has 0 aromatic heterocycles. The van der Waals surface area contributed by atoms with Crippen molar-refractivity contribution in [2.45, 2.75) is 45.2 Å². The predicted molar refractivity (Wildman–Crippen MR) is 116 cm³/mol. The molecule has 1 atom stereocenters. The molecule has 2 aromatic rings. The van der Waals surface area contributed by atoms with Gasteiger partial charge in [-0.05, 0) is 35.1 Å². The molecule has 0 bridgehead atoms. The molecule has 1 heterocycles. The molecule has 1 fully saturated rings. The Morgan fingerprint density at radius 1 is 1.03 bits per heavy atom. The van der Waals surface area contributed by atoms with Crippen LogP contribution in [0.2, 0.25) is 0 Å². The van der Waals surface area contributed by atoms with Gasteiger partial charge in [-0.1, -0.05) is 63.2 Å². The topological polar surface area (TPSA) is 61.4 Å². The number of hydrogen-bond donors (Lipinski definition) is 2. The summed E-state index contributed by atoms with van der Waals surface area (Å²) in [7, 11) is 0. The molecule has 0 spiro atoms. The lowest BCUT2D eigenvalue weighted by Gasteiger charge is -2.19. The number of rotatable bonds is 6. The molecule has 0 aliphatic carbocycles. The average molecular weight is 394 g/mol. The third-order valence-electron chi connectivity index (χ3n) is 5.31. The van der Waals surface area contributed by atoms with Gasteiger partial charge in [0.15, 0.2) is 0 Å². The fourth-order valence-corrected chi connectivity index (χ4v) is 3.60. The Labute approximate surface area is 173 Å². The number of amides is 2. The number of hydrogen-bond acceptors (Lipinski definition) is 3. The molecule has 29 heavy (non-hydrogen) atoms. The summed E-state index contributed by atoms with van der Waals surface area (Å²) in [5.41, 5.74) is 3.07. The first-order valence-corrected chi connectivity index (χ1v) is 10.3. The van der Waals surface area contributed by atoms with E-state index in [4.69, 9.17) is 0 Å². The number of nitrogens with one attached hydrogen (secondary N) is 2. The Morgan fingerprint density at radius 2 is 1.72 bits per heavy atom. The molecule has 0 radical (unpaired) electrons. The Bertz CT molecular complexity index is 825. The van der Waals surface area contributed by atoms with Crippen molar-refractivity contribution in [3.63, 3.8) is 0 Å². The van der Waals surface area contributed by atoms with Gasteiger partial charge in [0.05, 0.1) is 6.54 Å². The SMILES string of the molecule is CC(C)(C)c1ccc(C(=O)NCC(=O)N[C@@H]2CCN(Cc3ccccc3)C2)cc1. The number of carbonyl (C=O) groups is 2. The second-order valence-electron chi connectivity index (χ2n) is 8.78. The van der Waals surface area contributed by atoms with Gasteiger partial charge in [0.25, 0.3) is 5.91 Å². The molecule has 5 heteroatoms. The molecule has 0 unspecified atom stereocenters. The molecular formula is C24H31N3O2. The number of nitrogens with zero attached hydrogens (tertiary/aromatic N) is 1. The summed E-state index contributed by atoms with van der Waals surface area (Å²) < 4.78 is 0. The van der Waals surface area contributed by atoms with E-state index in [0.29, 0.717) is 5.56 Å². The summed E-state index contributed by atoms with van der Waals surface area (Å²) in [4.78, 5) is 26.9. The fraction of sp³-hybridized carbons (Fsp3) is 0.417. The summed E-state index contributed by atoms with van der Waals surface area (Å²) >= 11 is 0. The van der Waals surface area contributed by atoms with E-state index in [-0.39, 0.29) is 29.8 Å². The van der Waals surface area contributed by atoms with Crippen molar-refractivity contribution in [2.24, 2.45) is 0 Å². The first-order chi connectivity index (χ1) is 13.8. The van der Waals surface area contributed by atoms with Gasteiger partial charge in [0, 0.05) is 31.2 Å². The number of benzene rings is 2. The third-order valence-corrected chi connectivity index (χ3v) is 5.31. The van der Waals surface area contributed by atoms with Gasteiger partial charge < -0.3 is 10.6 Å². The van der Waals surface area contributed by atoms with Gasteiger partial charge >= 0.3 is 0 Å². The van der Waals surface area contributed by atoms with Crippen molar-refractivity contribution in [1.82, 2.24) is 15.5 Å². The Balaban J connectivity index is 1.41. The van der Waals surface area contributed by atoms with Crippen molar-refractivity contribution >= 4 is 11.8 Å². The number of likely N-dealkylation sites (tertiary alicyclic amines) is 1. The minimum atomic E-state index is -0.224. The minimum absolute atomic E-state index is 0.00492. The monoisotopic (exact) mass is 393 g/mol. The fourth-order valence-electron chi connectivity index (χ4n) is 3.60. The summed E-state index contributed by atoms with van der Waals surface area (Å²) in [6.45, 7) is 9.10. The van der Waals surface area contributed by atoms with Gasteiger partial charge in [-0.15, -0.1) is 0 Å². The van der Waals surface area contributed by atoms with Crippen LogP contribution in [0.1, 0.15) is 48.7 Å². The first kappa shape index (κ1) is 21.1. The van der Waals surface area contributed by atoms with E-state index in [0.717, 1.165) is 26.1 Å². The van der Waals surface area contributed by atoms with Crippen molar-refractivity contribution in [2.75, 3.05) is 19.6 Å². The molecule has 2 amide bonds. The van der Waals surface area contributed by atoms with E-state index in [1.165, 1.54) is 11.1 Å². The molecule has 1 saturated heterocycles.